The summed E-state index contributed by atoms with van der Waals surface area (Å²) >= 11 is 0. The number of carbonyl (C=O) groups excluding carboxylic acids is 1. The number of nitrogens with two attached hydrogens (primary N) is 1. The Morgan fingerprint density at radius 3 is 2.29 bits per heavy atom. The van der Waals surface area contributed by atoms with E-state index in [1.807, 2.05) is 92.1 Å². The molecule has 2 saturated heterocycles. The molecule has 2 aromatic carbocycles. The van der Waals surface area contributed by atoms with E-state index in [9.17, 15) is 13.2 Å². The van der Waals surface area contributed by atoms with Gasteiger partial charge in [-0.2, -0.15) is 17.0 Å². The molecule has 0 spiro atoms. The molecular weight excluding hydrogens is 641 g/mol. The summed E-state index contributed by atoms with van der Waals surface area (Å²) in [7, 11) is -3.67. The lowest BCUT2D eigenvalue weighted by Crippen LogP contribution is -2.54. The molecule has 12 nitrogen and oxygen atoms in total. The van der Waals surface area contributed by atoms with Crippen molar-refractivity contribution >= 4 is 33.3 Å². The zero-order valence-corrected chi connectivity index (χ0v) is 28.7. The van der Waals surface area contributed by atoms with Crippen molar-refractivity contribution in [2.75, 3.05) is 45.0 Å². The van der Waals surface area contributed by atoms with E-state index in [2.05, 4.69) is 17.1 Å². The fraction of sp³-hybridized carbons (Fsp3) is 0.333. The van der Waals surface area contributed by atoms with Gasteiger partial charge in [0.1, 0.15) is 16.9 Å². The number of imidazole rings is 1. The van der Waals surface area contributed by atoms with E-state index >= 15 is 0 Å². The number of rotatable bonds is 6. The maximum absolute atomic E-state index is 13.6. The van der Waals surface area contributed by atoms with E-state index in [0.29, 0.717) is 55.5 Å². The van der Waals surface area contributed by atoms with Gasteiger partial charge in [-0.15, -0.1) is 0 Å². The second-order valence-electron chi connectivity index (χ2n) is 13.4. The molecule has 2 fully saturated rings. The van der Waals surface area contributed by atoms with Gasteiger partial charge in [-0.05, 0) is 75.1 Å². The van der Waals surface area contributed by atoms with Crippen molar-refractivity contribution in [2.45, 2.75) is 38.7 Å². The van der Waals surface area contributed by atoms with Crippen LogP contribution in [0.5, 0.6) is 0 Å². The molecule has 1 amide bonds. The molecule has 2 aliphatic rings. The minimum absolute atomic E-state index is 0.0441. The lowest BCUT2D eigenvalue weighted by molar-refractivity contribution is 0.0190. The van der Waals surface area contributed by atoms with Gasteiger partial charge in [0.25, 0.3) is 10.2 Å². The first kappa shape index (κ1) is 32.7. The van der Waals surface area contributed by atoms with E-state index in [1.54, 1.807) is 15.4 Å². The number of aromatic nitrogens is 4. The average Bonchev–Trinajstić information content (AvgIpc) is 3.74. The number of ether oxygens (including phenoxy) is 1. The number of nitrogen functional groups attached to an aromatic ring is 1. The average molecular weight is 681 g/mol. The zero-order valence-electron chi connectivity index (χ0n) is 27.9. The molecule has 1 unspecified atom stereocenters. The maximum Gasteiger partial charge on any atom is 0.410 e. The minimum Gasteiger partial charge on any atom is -0.444 e. The van der Waals surface area contributed by atoms with Gasteiger partial charge < -0.3 is 15.4 Å². The fourth-order valence-electron chi connectivity index (χ4n) is 6.46. The van der Waals surface area contributed by atoms with Crippen molar-refractivity contribution in [1.82, 2.24) is 33.0 Å². The Kier molecular flexibility index (Phi) is 8.59. The molecule has 1 atom stereocenters. The first-order chi connectivity index (χ1) is 23.5. The predicted molar refractivity (Wildman–Crippen MR) is 189 cm³/mol. The maximum atomic E-state index is 13.6. The number of hydrogen-bond donors (Lipinski definition) is 1. The van der Waals surface area contributed by atoms with Gasteiger partial charge in [-0.25, -0.2) is 19.7 Å². The van der Waals surface area contributed by atoms with Crippen LogP contribution in [0.1, 0.15) is 38.7 Å². The third-order valence-corrected chi connectivity index (χ3v) is 11.0. The van der Waals surface area contributed by atoms with Crippen LogP contribution in [0, 0.1) is 0 Å². The topological polar surface area (TPSA) is 140 Å². The molecule has 5 heterocycles. The Labute approximate surface area is 286 Å². The number of benzene rings is 2. The number of pyridine rings is 2. The molecular formula is C36H40N8O4S. The molecule has 3 aromatic heterocycles. The Balaban J connectivity index is 1.12. The lowest BCUT2D eigenvalue weighted by atomic mass is 9.98. The third-order valence-electron chi connectivity index (χ3n) is 8.97. The zero-order chi connectivity index (χ0) is 34.3. The van der Waals surface area contributed by atoms with E-state index in [-0.39, 0.29) is 19.0 Å². The van der Waals surface area contributed by atoms with Crippen LogP contribution in [-0.4, -0.2) is 92.4 Å². The van der Waals surface area contributed by atoms with E-state index in [1.165, 1.54) is 4.31 Å². The number of nitrogens with zero attached hydrogens (tertiary/aromatic N) is 7. The Morgan fingerprint density at radius 2 is 1.59 bits per heavy atom. The Bertz CT molecular complexity index is 2090. The number of hydrogen-bond acceptors (Lipinski definition) is 8. The highest BCUT2D eigenvalue weighted by Crippen LogP contribution is 2.34. The summed E-state index contributed by atoms with van der Waals surface area (Å²) in [5, 5.41) is 0. The molecule has 49 heavy (non-hydrogen) atoms. The number of piperazine rings is 1. The fourth-order valence-corrected chi connectivity index (χ4v) is 8.11. The minimum atomic E-state index is -3.67. The first-order valence-corrected chi connectivity index (χ1v) is 17.9. The smallest absolute Gasteiger partial charge is 0.410 e. The largest absolute Gasteiger partial charge is 0.444 e. The number of fused-ring (bicyclic) bond motifs is 1. The number of amides is 1. The Morgan fingerprint density at radius 1 is 0.857 bits per heavy atom. The van der Waals surface area contributed by atoms with E-state index in [0.717, 1.165) is 28.0 Å². The van der Waals surface area contributed by atoms with Crippen LogP contribution in [-0.2, 0) is 14.9 Å². The van der Waals surface area contributed by atoms with Crippen molar-refractivity contribution in [3.05, 3.63) is 90.6 Å². The molecule has 0 saturated carbocycles. The number of anilines is 1. The van der Waals surface area contributed by atoms with Gasteiger partial charge >= 0.3 is 6.09 Å². The second kappa shape index (κ2) is 12.9. The standard InChI is InChI=1S/C36H40N8O4S/c1-36(2,3)48-35(45)41-20-22-42(23-21-41)49(46,47)43-19-17-27(24-43)25-11-13-28(14-12-25)44-33(29-10-7-18-38-32(29)37)40-31-16-15-30(39-34(31)44)26-8-5-4-6-9-26/h4-16,18,27H,17,19-24H2,1-3H3,(H2,37,38). The molecule has 5 aromatic rings. The van der Waals surface area contributed by atoms with Crippen LogP contribution < -0.4 is 5.73 Å². The van der Waals surface area contributed by atoms with Crippen LogP contribution in [0.15, 0.2) is 85.1 Å². The Hall–Kier alpha value is -4.85. The molecule has 0 aliphatic carbocycles. The van der Waals surface area contributed by atoms with E-state index in [4.69, 9.17) is 20.4 Å². The summed E-state index contributed by atoms with van der Waals surface area (Å²) in [6, 6.07) is 25.8. The second-order valence-corrected chi connectivity index (χ2v) is 15.4. The van der Waals surface area contributed by atoms with Gasteiger partial charge in [0.15, 0.2) is 11.5 Å². The highest BCUT2D eigenvalue weighted by Gasteiger charge is 2.38. The van der Waals surface area contributed by atoms with Crippen LogP contribution in [0.2, 0.25) is 0 Å². The predicted octanol–water partition coefficient (Wildman–Crippen LogP) is 5.32. The summed E-state index contributed by atoms with van der Waals surface area (Å²) in [6.07, 6.45) is 1.95. The molecule has 0 bridgehead atoms. The highest BCUT2D eigenvalue weighted by molar-refractivity contribution is 7.86. The molecule has 2 aliphatic heterocycles. The normalized spacial score (nSPS) is 17.9. The van der Waals surface area contributed by atoms with E-state index < -0.39 is 21.9 Å². The lowest BCUT2D eigenvalue weighted by Gasteiger charge is -2.36. The summed E-state index contributed by atoms with van der Waals surface area (Å²) in [4.78, 5) is 28.3. The monoisotopic (exact) mass is 680 g/mol. The summed E-state index contributed by atoms with van der Waals surface area (Å²) < 4.78 is 37.7. The molecule has 2 N–H and O–H groups in total. The summed E-state index contributed by atoms with van der Waals surface area (Å²) in [5.74, 6) is 1.05. The highest BCUT2D eigenvalue weighted by atomic mass is 32.2. The SMILES string of the molecule is CC(C)(C)OC(=O)N1CCN(S(=O)(=O)N2CCC(c3ccc(-n4c(-c5cccnc5N)nc5ccc(-c6ccccc6)nc54)cc3)C2)CC1. The first-order valence-electron chi connectivity index (χ1n) is 16.5. The van der Waals surface area contributed by atoms with Gasteiger partial charge in [-0.1, -0.05) is 42.5 Å². The number of carbonyl (C=O) groups is 1. The van der Waals surface area contributed by atoms with Crippen molar-refractivity contribution in [2.24, 2.45) is 0 Å². The quantitative estimate of drug-likeness (QED) is 0.254. The van der Waals surface area contributed by atoms with Gasteiger partial charge in [0, 0.05) is 56.7 Å². The van der Waals surface area contributed by atoms with Crippen molar-refractivity contribution < 1.29 is 17.9 Å². The van der Waals surface area contributed by atoms with Gasteiger partial charge in [-0.3, -0.25) is 4.57 Å². The molecule has 13 heteroatoms. The van der Waals surface area contributed by atoms with Gasteiger partial charge in [0.05, 0.1) is 11.3 Å². The van der Waals surface area contributed by atoms with Crippen LogP contribution in [0.25, 0.3) is 39.5 Å². The summed E-state index contributed by atoms with van der Waals surface area (Å²) in [5.41, 5.74) is 11.6. The third kappa shape index (κ3) is 6.61. The van der Waals surface area contributed by atoms with Gasteiger partial charge in [0.2, 0.25) is 0 Å². The van der Waals surface area contributed by atoms with Crippen molar-refractivity contribution in [3.63, 3.8) is 0 Å². The van der Waals surface area contributed by atoms with Crippen LogP contribution >= 0.6 is 0 Å². The molecule has 0 radical (unpaired) electrons. The van der Waals surface area contributed by atoms with Crippen molar-refractivity contribution in [3.8, 4) is 28.3 Å². The van der Waals surface area contributed by atoms with Crippen LogP contribution in [0.3, 0.4) is 0 Å². The van der Waals surface area contributed by atoms with Crippen LogP contribution in [0.4, 0.5) is 10.6 Å². The van der Waals surface area contributed by atoms with Crippen molar-refractivity contribution in [1.29, 1.82) is 0 Å². The molecule has 254 valence electrons. The summed E-state index contributed by atoms with van der Waals surface area (Å²) in [6.45, 7) is 7.34. The molecule has 7 rings (SSSR count).